The fourth-order valence-corrected chi connectivity index (χ4v) is 2.52. The summed E-state index contributed by atoms with van der Waals surface area (Å²) in [6, 6.07) is 12.3. The molecular weight excluding hydrogens is 344 g/mol. The Labute approximate surface area is 157 Å². The third kappa shape index (κ3) is 4.08. The summed E-state index contributed by atoms with van der Waals surface area (Å²) in [5, 5.41) is 0. The summed E-state index contributed by atoms with van der Waals surface area (Å²) in [5.41, 5.74) is 1.33. The van der Waals surface area contributed by atoms with E-state index in [0.29, 0.717) is 17.1 Å². The molecule has 0 saturated carbocycles. The Hall–Kier alpha value is -3.34. The Morgan fingerprint density at radius 1 is 1.15 bits per heavy atom. The van der Waals surface area contributed by atoms with Gasteiger partial charge in [-0.2, -0.15) is 0 Å². The SMILES string of the molecule is COc1ccccc1/C=C/C=C1\Oc2cc(OC(=O)C(C)C)ccc2C1=O. The molecule has 2 aromatic carbocycles. The lowest BCUT2D eigenvalue weighted by Gasteiger charge is -2.07. The highest BCUT2D eigenvalue weighted by Crippen LogP contribution is 2.34. The van der Waals surface area contributed by atoms with Crippen LogP contribution in [-0.2, 0) is 4.79 Å². The van der Waals surface area contributed by atoms with Gasteiger partial charge in [-0.15, -0.1) is 0 Å². The standard InChI is InChI=1S/C22H20O5/c1-14(2)22(24)26-16-11-12-17-20(13-16)27-19(21(17)23)10-6-8-15-7-4-5-9-18(15)25-3/h4-14H,1-3H3/b8-6+,19-10-. The zero-order valence-corrected chi connectivity index (χ0v) is 15.4. The van der Waals surface area contributed by atoms with Crippen molar-refractivity contribution < 1.29 is 23.8 Å². The molecule has 27 heavy (non-hydrogen) atoms. The molecule has 1 aliphatic heterocycles. The van der Waals surface area contributed by atoms with Crippen LogP contribution in [0.25, 0.3) is 6.08 Å². The first kappa shape index (κ1) is 18.5. The van der Waals surface area contributed by atoms with E-state index in [1.54, 1.807) is 51.3 Å². The van der Waals surface area contributed by atoms with Gasteiger partial charge in [-0.25, -0.2) is 0 Å². The van der Waals surface area contributed by atoms with Gasteiger partial charge in [0.15, 0.2) is 5.76 Å². The van der Waals surface area contributed by atoms with Crippen LogP contribution in [0.4, 0.5) is 0 Å². The molecule has 138 valence electrons. The maximum atomic E-state index is 12.4. The number of hydrogen-bond acceptors (Lipinski definition) is 5. The van der Waals surface area contributed by atoms with E-state index in [9.17, 15) is 9.59 Å². The van der Waals surface area contributed by atoms with Gasteiger partial charge >= 0.3 is 5.97 Å². The largest absolute Gasteiger partial charge is 0.496 e. The van der Waals surface area contributed by atoms with Crippen molar-refractivity contribution in [3.05, 3.63) is 71.5 Å². The minimum atomic E-state index is -0.338. The number of hydrogen-bond donors (Lipinski definition) is 0. The topological polar surface area (TPSA) is 61.8 Å². The van der Waals surface area contributed by atoms with Crippen LogP contribution in [0.3, 0.4) is 0 Å². The maximum Gasteiger partial charge on any atom is 0.313 e. The Balaban J connectivity index is 1.77. The molecule has 5 nitrogen and oxygen atoms in total. The monoisotopic (exact) mass is 364 g/mol. The molecule has 2 aromatic rings. The molecule has 0 unspecified atom stereocenters. The highest BCUT2D eigenvalue weighted by molar-refractivity contribution is 6.12. The van der Waals surface area contributed by atoms with Crippen LogP contribution in [0.5, 0.6) is 17.2 Å². The van der Waals surface area contributed by atoms with Gasteiger partial charge in [-0.05, 0) is 24.3 Å². The average Bonchev–Trinajstić information content (AvgIpc) is 2.97. The lowest BCUT2D eigenvalue weighted by Crippen LogP contribution is -2.14. The van der Waals surface area contributed by atoms with Crippen molar-refractivity contribution in [3.8, 4) is 17.2 Å². The number of ketones is 1. The van der Waals surface area contributed by atoms with E-state index in [-0.39, 0.29) is 23.4 Å². The zero-order valence-electron chi connectivity index (χ0n) is 15.4. The summed E-state index contributed by atoms with van der Waals surface area (Å²) in [6.45, 7) is 3.51. The van der Waals surface area contributed by atoms with Gasteiger partial charge in [0.2, 0.25) is 5.78 Å². The number of para-hydroxylation sites is 1. The van der Waals surface area contributed by atoms with Crippen LogP contribution in [0, 0.1) is 5.92 Å². The number of rotatable bonds is 5. The lowest BCUT2D eigenvalue weighted by molar-refractivity contribution is -0.137. The van der Waals surface area contributed by atoms with E-state index < -0.39 is 0 Å². The molecule has 0 radical (unpaired) electrons. The molecule has 0 atom stereocenters. The quantitative estimate of drug-likeness (QED) is 0.446. The number of methoxy groups -OCH3 is 1. The van der Waals surface area contributed by atoms with E-state index in [0.717, 1.165) is 11.3 Å². The van der Waals surface area contributed by atoms with Crippen LogP contribution in [0.2, 0.25) is 0 Å². The number of carbonyl (C=O) groups is 2. The molecule has 0 spiro atoms. The van der Waals surface area contributed by atoms with E-state index >= 15 is 0 Å². The summed E-state index contributed by atoms with van der Waals surface area (Å²) in [5.74, 6) is 0.897. The van der Waals surface area contributed by atoms with Gasteiger partial charge in [-0.1, -0.05) is 44.2 Å². The molecule has 0 aliphatic carbocycles. The Morgan fingerprint density at radius 2 is 1.93 bits per heavy atom. The van der Waals surface area contributed by atoms with Crippen LogP contribution in [0.15, 0.2) is 60.4 Å². The average molecular weight is 364 g/mol. The molecule has 0 bridgehead atoms. The molecule has 1 heterocycles. The second-order valence-electron chi connectivity index (χ2n) is 6.30. The normalized spacial score (nSPS) is 14.5. The fourth-order valence-electron chi connectivity index (χ4n) is 2.52. The number of benzene rings is 2. The zero-order chi connectivity index (χ0) is 19.4. The van der Waals surface area contributed by atoms with Crippen molar-refractivity contribution in [2.45, 2.75) is 13.8 Å². The van der Waals surface area contributed by atoms with Crippen molar-refractivity contribution in [2.75, 3.05) is 7.11 Å². The first-order valence-corrected chi connectivity index (χ1v) is 8.59. The van der Waals surface area contributed by atoms with Crippen molar-refractivity contribution >= 4 is 17.8 Å². The Morgan fingerprint density at radius 3 is 2.67 bits per heavy atom. The molecule has 0 N–H and O–H groups in total. The van der Waals surface area contributed by atoms with Gasteiger partial charge in [0.05, 0.1) is 18.6 Å². The number of esters is 1. The van der Waals surface area contributed by atoms with Crippen molar-refractivity contribution in [1.29, 1.82) is 0 Å². The fraction of sp³-hybridized carbons (Fsp3) is 0.182. The molecule has 0 amide bonds. The van der Waals surface area contributed by atoms with Gasteiger partial charge in [0.25, 0.3) is 0 Å². The van der Waals surface area contributed by atoms with Crippen molar-refractivity contribution in [3.63, 3.8) is 0 Å². The van der Waals surface area contributed by atoms with Gasteiger partial charge in [0, 0.05) is 11.6 Å². The Bertz CT molecular complexity index is 937. The summed E-state index contributed by atoms with van der Waals surface area (Å²) in [6.07, 6.45) is 5.17. The molecule has 0 saturated heterocycles. The van der Waals surface area contributed by atoms with Gasteiger partial charge < -0.3 is 14.2 Å². The van der Waals surface area contributed by atoms with Crippen LogP contribution in [-0.4, -0.2) is 18.9 Å². The minimum absolute atomic E-state index is 0.212. The van der Waals surface area contributed by atoms with E-state index in [1.165, 1.54) is 0 Å². The van der Waals surface area contributed by atoms with E-state index in [1.807, 2.05) is 30.3 Å². The summed E-state index contributed by atoms with van der Waals surface area (Å²) >= 11 is 0. The molecule has 3 rings (SSSR count). The number of allylic oxidation sites excluding steroid dienone is 3. The smallest absolute Gasteiger partial charge is 0.313 e. The molecule has 5 heteroatoms. The van der Waals surface area contributed by atoms with E-state index in [4.69, 9.17) is 14.2 Å². The molecule has 0 aromatic heterocycles. The Kier molecular flexibility index (Phi) is 5.41. The predicted molar refractivity (Wildman–Crippen MR) is 102 cm³/mol. The first-order chi connectivity index (χ1) is 13.0. The number of ether oxygens (including phenoxy) is 3. The predicted octanol–water partition coefficient (Wildman–Crippen LogP) is 4.43. The highest BCUT2D eigenvalue weighted by atomic mass is 16.5. The molecule has 0 fully saturated rings. The lowest BCUT2D eigenvalue weighted by atomic mass is 10.1. The highest BCUT2D eigenvalue weighted by Gasteiger charge is 2.27. The third-order valence-electron chi connectivity index (χ3n) is 3.99. The first-order valence-electron chi connectivity index (χ1n) is 8.59. The number of fused-ring (bicyclic) bond motifs is 1. The van der Waals surface area contributed by atoms with Crippen LogP contribution >= 0.6 is 0 Å². The summed E-state index contributed by atoms with van der Waals surface area (Å²) in [7, 11) is 1.61. The maximum absolute atomic E-state index is 12.4. The summed E-state index contributed by atoms with van der Waals surface area (Å²) in [4.78, 5) is 24.2. The molecular formula is C22H20O5. The van der Waals surface area contributed by atoms with Gasteiger partial charge in [-0.3, -0.25) is 9.59 Å². The number of Topliss-reactive ketones (excluding diaryl/α,β-unsaturated/α-hetero) is 1. The van der Waals surface area contributed by atoms with Crippen LogP contribution in [0.1, 0.15) is 29.8 Å². The third-order valence-corrected chi connectivity index (χ3v) is 3.99. The van der Waals surface area contributed by atoms with Crippen molar-refractivity contribution in [1.82, 2.24) is 0 Å². The van der Waals surface area contributed by atoms with Gasteiger partial charge in [0.1, 0.15) is 17.2 Å². The summed E-state index contributed by atoms with van der Waals surface area (Å²) < 4.78 is 16.2. The second-order valence-corrected chi connectivity index (χ2v) is 6.30. The number of carbonyl (C=O) groups excluding carboxylic acids is 2. The molecule has 1 aliphatic rings. The van der Waals surface area contributed by atoms with Crippen LogP contribution < -0.4 is 14.2 Å². The van der Waals surface area contributed by atoms with Crippen molar-refractivity contribution in [2.24, 2.45) is 5.92 Å². The minimum Gasteiger partial charge on any atom is -0.496 e. The second kappa shape index (κ2) is 7.91. The van der Waals surface area contributed by atoms with E-state index in [2.05, 4.69) is 0 Å².